The Morgan fingerprint density at radius 3 is 1.64 bits per heavy atom. The van der Waals surface area contributed by atoms with Crippen LogP contribution in [0.25, 0.3) is 0 Å². The molecule has 0 nitrogen and oxygen atoms in total. The Kier molecular flexibility index (Phi) is 2.38. The second kappa shape index (κ2) is 3.57. The van der Waals surface area contributed by atoms with E-state index in [1.165, 1.54) is 25.7 Å². The van der Waals surface area contributed by atoms with Gasteiger partial charge in [0.2, 0.25) is 0 Å². The molecule has 4 unspecified atom stereocenters. The summed E-state index contributed by atoms with van der Waals surface area (Å²) in [6, 6.07) is 0. The molecule has 0 amide bonds. The molecule has 0 radical (unpaired) electrons. The standard InChI is InChI=1S/C13H23B/c1-14-12-8-4-2-6-10(12)11-7-3-5-9-13(11)14/h10-13H,2-9H2,1H3. The first-order valence-corrected chi connectivity index (χ1v) is 6.88. The lowest BCUT2D eigenvalue weighted by Gasteiger charge is -2.33. The van der Waals surface area contributed by atoms with Crippen LogP contribution >= 0.6 is 0 Å². The number of hydrogen-bond donors (Lipinski definition) is 0. The second-order valence-electron chi connectivity index (χ2n) is 6.08. The molecule has 0 aromatic rings. The third-order valence-electron chi connectivity index (χ3n) is 5.65. The van der Waals surface area contributed by atoms with Crippen molar-refractivity contribution in [3.05, 3.63) is 0 Å². The minimum Gasteiger partial charge on any atom is -0.0856 e. The van der Waals surface area contributed by atoms with Gasteiger partial charge in [-0.1, -0.05) is 69.8 Å². The lowest BCUT2D eigenvalue weighted by molar-refractivity contribution is 0.226. The molecule has 2 aliphatic carbocycles. The van der Waals surface area contributed by atoms with Crippen LogP contribution in [0.4, 0.5) is 0 Å². The molecule has 1 aliphatic heterocycles. The fourth-order valence-corrected chi connectivity index (χ4v) is 5.06. The van der Waals surface area contributed by atoms with Crippen LogP contribution in [0, 0.1) is 11.8 Å². The van der Waals surface area contributed by atoms with Gasteiger partial charge in [0.1, 0.15) is 6.71 Å². The van der Waals surface area contributed by atoms with E-state index in [0.717, 1.165) is 30.2 Å². The SMILES string of the molecule is CB1C2CCCCC2C2CCCCC12. The zero-order valence-corrected chi connectivity index (χ0v) is 9.54. The van der Waals surface area contributed by atoms with Gasteiger partial charge < -0.3 is 0 Å². The van der Waals surface area contributed by atoms with Crippen LogP contribution in [-0.4, -0.2) is 6.71 Å². The quantitative estimate of drug-likeness (QED) is 0.501. The maximum atomic E-state index is 2.57. The Balaban J connectivity index is 1.83. The maximum Gasteiger partial charge on any atom is 0.143 e. The van der Waals surface area contributed by atoms with E-state index in [1.807, 2.05) is 0 Å². The summed E-state index contributed by atoms with van der Waals surface area (Å²) >= 11 is 0. The first kappa shape index (κ1) is 9.30. The number of fused-ring (bicyclic) bond motifs is 3. The highest BCUT2D eigenvalue weighted by Crippen LogP contribution is 2.59. The van der Waals surface area contributed by atoms with Crippen molar-refractivity contribution in [3.63, 3.8) is 0 Å². The largest absolute Gasteiger partial charge is 0.143 e. The average molecular weight is 190 g/mol. The normalized spacial score (nSPS) is 47.4. The fourth-order valence-electron chi connectivity index (χ4n) is 5.06. The summed E-state index contributed by atoms with van der Waals surface area (Å²) in [5, 5.41) is 0. The highest BCUT2D eigenvalue weighted by atomic mass is 14.4. The summed E-state index contributed by atoms with van der Waals surface area (Å²) in [5.74, 6) is 4.58. The average Bonchev–Trinajstić information content (AvgIpc) is 2.55. The van der Waals surface area contributed by atoms with Crippen LogP contribution in [0.15, 0.2) is 0 Å². The first-order valence-electron chi connectivity index (χ1n) is 6.88. The first-order chi connectivity index (χ1) is 6.88. The van der Waals surface area contributed by atoms with Gasteiger partial charge in [-0.3, -0.25) is 0 Å². The molecule has 3 rings (SSSR count). The molecule has 0 spiro atoms. The Morgan fingerprint density at radius 1 is 0.714 bits per heavy atom. The van der Waals surface area contributed by atoms with Crippen molar-refractivity contribution in [1.82, 2.24) is 0 Å². The van der Waals surface area contributed by atoms with Crippen molar-refractivity contribution in [2.75, 3.05) is 0 Å². The Hall–Kier alpha value is 0.0649. The smallest absolute Gasteiger partial charge is 0.0856 e. The van der Waals surface area contributed by atoms with Crippen molar-refractivity contribution in [3.8, 4) is 0 Å². The van der Waals surface area contributed by atoms with E-state index in [0.29, 0.717) is 0 Å². The van der Waals surface area contributed by atoms with Gasteiger partial charge in [-0.05, 0) is 11.8 Å². The van der Waals surface area contributed by atoms with Crippen molar-refractivity contribution in [2.45, 2.75) is 69.8 Å². The van der Waals surface area contributed by atoms with Crippen LogP contribution in [0.2, 0.25) is 18.5 Å². The summed E-state index contributed by atoms with van der Waals surface area (Å²) in [6.45, 7) is 3.64. The van der Waals surface area contributed by atoms with Crippen molar-refractivity contribution in [2.24, 2.45) is 11.8 Å². The predicted octanol–water partition coefficient (Wildman–Crippen LogP) is 4.25. The molecule has 0 aromatic heterocycles. The van der Waals surface area contributed by atoms with Crippen molar-refractivity contribution in [1.29, 1.82) is 0 Å². The summed E-state index contributed by atoms with van der Waals surface area (Å²) in [5.41, 5.74) is 0. The van der Waals surface area contributed by atoms with Gasteiger partial charge in [-0.15, -0.1) is 0 Å². The molecule has 78 valence electrons. The molecule has 1 heterocycles. The van der Waals surface area contributed by atoms with Gasteiger partial charge in [-0.25, -0.2) is 0 Å². The Bertz CT molecular complexity index is 191. The summed E-state index contributed by atoms with van der Waals surface area (Å²) < 4.78 is 0. The van der Waals surface area contributed by atoms with Crippen molar-refractivity contribution >= 4 is 6.71 Å². The Labute approximate surface area is 88.9 Å². The van der Waals surface area contributed by atoms with Crippen LogP contribution < -0.4 is 0 Å². The highest BCUT2D eigenvalue weighted by Gasteiger charge is 2.50. The van der Waals surface area contributed by atoms with Gasteiger partial charge in [0.15, 0.2) is 0 Å². The fraction of sp³-hybridized carbons (Fsp3) is 1.00. The van der Waals surface area contributed by atoms with E-state index in [4.69, 9.17) is 0 Å². The van der Waals surface area contributed by atoms with Crippen LogP contribution in [0.5, 0.6) is 0 Å². The third kappa shape index (κ3) is 1.27. The minimum atomic E-state index is 1.07. The molecule has 2 saturated carbocycles. The van der Waals surface area contributed by atoms with E-state index in [1.54, 1.807) is 25.7 Å². The highest BCUT2D eigenvalue weighted by molar-refractivity contribution is 6.61. The van der Waals surface area contributed by atoms with Gasteiger partial charge >= 0.3 is 0 Å². The summed E-state index contributed by atoms with van der Waals surface area (Å²) in [7, 11) is 0. The molecule has 3 aliphatic rings. The zero-order chi connectivity index (χ0) is 9.54. The number of hydrogen-bond acceptors (Lipinski definition) is 0. The molecule has 0 bridgehead atoms. The maximum absolute atomic E-state index is 2.57. The molecule has 0 N–H and O–H groups in total. The minimum absolute atomic E-state index is 1.07. The molecule has 3 fully saturated rings. The van der Waals surface area contributed by atoms with Crippen LogP contribution in [0.1, 0.15) is 51.4 Å². The second-order valence-corrected chi connectivity index (χ2v) is 6.08. The van der Waals surface area contributed by atoms with E-state index in [9.17, 15) is 0 Å². The molecular weight excluding hydrogens is 167 g/mol. The molecule has 0 aromatic carbocycles. The monoisotopic (exact) mass is 190 g/mol. The third-order valence-corrected chi connectivity index (χ3v) is 5.65. The van der Waals surface area contributed by atoms with E-state index in [-0.39, 0.29) is 0 Å². The van der Waals surface area contributed by atoms with Crippen LogP contribution in [-0.2, 0) is 0 Å². The van der Waals surface area contributed by atoms with Gasteiger partial charge in [-0.2, -0.15) is 0 Å². The molecule has 14 heavy (non-hydrogen) atoms. The number of rotatable bonds is 0. The topological polar surface area (TPSA) is 0 Å². The summed E-state index contributed by atoms with van der Waals surface area (Å²) in [4.78, 5) is 0. The van der Waals surface area contributed by atoms with Gasteiger partial charge in [0.25, 0.3) is 0 Å². The van der Waals surface area contributed by atoms with E-state index >= 15 is 0 Å². The van der Waals surface area contributed by atoms with Crippen LogP contribution in [0.3, 0.4) is 0 Å². The summed E-state index contributed by atoms with van der Waals surface area (Å²) in [6.07, 6.45) is 12.4. The van der Waals surface area contributed by atoms with Crippen molar-refractivity contribution < 1.29 is 0 Å². The zero-order valence-electron chi connectivity index (χ0n) is 9.54. The lowest BCUT2D eigenvalue weighted by atomic mass is 9.36. The van der Waals surface area contributed by atoms with Gasteiger partial charge in [0, 0.05) is 0 Å². The molecule has 4 atom stereocenters. The molecule has 1 saturated heterocycles. The Morgan fingerprint density at radius 2 is 1.14 bits per heavy atom. The lowest BCUT2D eigenvalue weighted by Crippen LogP contribution is -2.20. The van der Waals surface area contributed by atoms with E-state index in [2.05, 4.69) is 6.82 Å². The van der Waals surface area contributed by atoms with E-state index < -0.39 is 0 Å². The molecule has 1 heteroatoms. The predicted molar refractivity (Wildman–Crippen MR) is 63.0 cm³/mol. The molecular formula is C13H23B. The van der Waals surface area contributed by atoms with Gasteiger partial charge in [0.05, 0.1) is 0 Å².